The van der Waals surface area contributed by atoms with Crippen LogP contribution in [-0.2, 0) is 9.53 Å². The number of ether oxygens (including phenoxy) is 1. The van der Waals surface area contributed by atoms with Crippen molar-refractivity contribution in [2.45, 2.75) is 38.1 Å². The van der Waals surface area contributed by atoms with E-state index in [0.717, 1.165) is 44.9 Å². The van der Waals surface area contributed by atoms with Crippen LogP contribution in [0.4, 0.5) is 0 Å². The number of carbonyl (C=O) groups excluding carboxylic acids is 1. The smallest absolute Gasteiger partial charge is 0.308 e. The predicted octanol–water partition coefficient (Wildman–Crippen LogP) is 2.39. The summed E-state index contributed by atoms with van der Waals surface area (Å²) in [5.74, 6) is 1.53. The Kier molecular flexibility index (Phi) is 5.38. The Morgan fingerprint density at radius 2 is 2.00 bits per heavy atom. The summed E-state index contributed by atoms with van der Waals surface area (Å²) in [5.41, 5.74) is 1.40. The molecule has 3 rings (SSSR count). The average molecular weight is 329 g/mol. The summed E-state index contributed by atoms with van der Waals surface area (Å²) in [6, 6.07) is 11.1. The fourth-order valence-electron chi connectivity index (χ4n) is 3.47. The lowest BCUT2D eigenvalue weighted by Gasteiger charge is -2.33. The molecule has 2 fully saturated rings. The minimum atomic E-state index is -0.0806. The lowest BCUT2D eigenvalue weighted by Crippen LogP contribution is -2.47. The monoisotopic (exact) mass is 329 g/mol. The molecular formula is C19H27N3O2. The van der Waals surface area contributed by atoms with Crippen LogP contribution in [0.3, 0.4) is 0 Å². The maximum Gasteiger partial charge on any atom is 0.308 e. The second kappa shape index (κ2) is 7.69. The lowest BCUT2D eigenvalue weighted by atomic mass is 9.97. The highest BCUT2D eigenvalue weighted by Crippen LogP contribution is 2.40. The van der Waals surface area contributed by atoms with Gasteiger partial charge in [0.15, 0.2) is 5.96 Å². The number of rotatable bonds is 4. The number of methoxy groups -OCH3 is 1. The van der Waals surface area contributed by atoms with Gasteiger partial charge in [-0.1, -0.05) is 30.3 Å². The van der Waals surface area contributed by atoms with E-state index >= 15 is 0 Å². The van der Waals surface area contributed by atoms with Crippen molar-refractivity contribution in [1.29, 1.82) is 0 Å². The molecule has 24 heavy (non-hydrogen) atoms. The number of nitrogens with one attached hydrogen (secondary N) is 1. The van der Waals surface area contributed by atoms with Crippen LogP contribution in [-0.4, -0.2) is 49.6 Å². The van der Waals surface area contributed by atoms with Gasteiger partial charge in [-0.3, -0.25) is 9.79 Å². The van der Waals surface area contributed by atoms with Crippen molar-refractivity contribution in [3.63, 3.8) is 0 Å². The van der Waals surface area contributed by atoms with E-state index in [0.29, 0.717) is 12.0 Å². The van der Waals surface area contributed by atoms with Crippen molar-refractivity contribution in [1.82, 2.24) is 10.2 Å². The topological polar surface area (TPSA) is 53.9 Å². The Bertz CT molecular complexity index is 580. The van der Waals surface area contributed by atoms with Gasteiger partial charge < -0.3 is 15.0 Å². The third-order valence-electron chi connectivity index (χ3n) is 4.97. The fraction of sp³-hybridized carbons (Fsp3) is 0.579. The first-order valence-electron chi connectivity index (χ1n) is 8.91. The molecule has 1 saturated heterocycles. The van der Waals surface area contributed by atoms with Crippen molar-refractivity contribution in [3.8, 4) is 0 Å². The van der Waals surface area contributed by atoms with Crippen LogP contribution < -0.4 is 5.32 Å². The maximum absolute atomic E-state index is 11.7. The number of likely N-dealkylation sites (tertiary alicyclic amines) is 1. The molecule has 2 atom stereocenters. The van der Waals surface area contributed by atoms with Crippen LogP contribution >= 0.6 is 0 Å². The van der Waals surface area contributed by atoms with Gasteiger partial charge in [-0.05, 0) is 31.7 Å². The summed E-state index contributed by atoms with van der Waals surface area (Å²) in [5, 5.41) is 3.63. The molecule has 1 saturated carbocycles. The first kappa shape index (κ1) is 16.8. The van der Waals surface area contributed by atoms with E-state index in [-0.39, 0.29) is 11.9 Å². The lowest BCUT2D eigenvalue weighted by molar-refractivity contribution is -0.146. The summed E-state index contributed by atoms with van der Waals surface area (Å²) in [4.78, 5) is 18.6. The zero-order valence-corrected chi connectivity index (χ0v) is 14.6. The number of hydrogen-bond acceptors (Lipinski definition) is 3. The van der Waals surface area contributed by atoms with Gasteiger partial charge in [0.1, 0.15) is 0 Å². The molecule has 0 spiro atoms. The number of piperidine rings is 1. The van der Waals surface area contributed by atoms with Gasteiger partial charge in [0.05, 0.1) is 13.0 Å². The zero-order valence-electron chi connectivity index (χ0n) is 14.6. The number of hydrogen-bond donors (Lipinski definition) is 1. The quantitative estimate of drug-likeness (QED) is 0.523. The molecule has 1 N–H and O–H groups in total. The van der Waals surface area contributed by atoms with Gasteiger partial charge in [-0.2, -0.15) is 0 Å². The van der Waals surface area contributed by atoms with E-state index in [2.05, 4.69) is 52.5 Å². The summed E-state index contributed by atoms with van der Waals surface area (Å²) in [6.45, 7) is 4.54. The molecule has 130 valence electrons. The van der Waals surface area contributed by atoms with Crippen LogP contribution in [0, 0.1) is 5.92 Å². The SMILES string of the molecule is CCN=C(NC1CC1c1ccccc1)N1CCC(C(=O)OC)CC1. The Labute approximate surface area is 144 Å². The van der Waals surface area contributed by atoms with E-state index in [4.69, 9.17) is 4.74 Å². The second-order valence-electron chi connectivity index (χ2n) is 6.59. The molecule has 0 radical (unpaired) electrons. The Morgan fingerprint density at radius 1 is 1.29 bits per heavy atom. The molecule has 0 amide bonds. The van der Waals surface area contributed by atoms with Crippen LogP contribution in [0.2, 0.25) is 0 Å². The van der Waals surface area contributed by atoms with Crippen molar-refractivity contribution >= 4 is 11.9 Å². The Morgan fingerprint density at radius 3 is 2.62 bits per heavy atom. The number of esters is 1. The van der Waals surface area contributed by atoms with Crippen molar-refractivity contribution in [2.75, 3.05) is 26.7 Å². The molecule has 1 heterocycles. The van der Waals surface area contributed by atoms with Crippen molar-refractivity contribution in [3.05, 3.63) is 35.9 Å². The van der Waals surface area contributed by atoms with E-state index < -0.39 is 0 Å². The molecule has 1 aliphatic heterocycles. The molecule has 0 bridgehead atoms. The van der Waals surface area contributed by atoms with Crippen LogP contribution in [0.25, 0.3) is 0 Å². The van der Waals surface area contributed by atoms with E-state index in [1.54, 1.807) is 0 Å². The van der Waals surface area contributed by atoms with Crippen LogP contribution in [0.1, 0.15) is 37.7 Å². The number of nitrogens with zero attached hydrogens (tertiary/aromatic N) is 2. The minimum Gasteiger partial charge on any atom is -0.469 e. The van der Waals surface area contributed by atoms with Gasteiger partial charge in [-0.15, -0.1) is 0 Å². The molecule has 2 aliphatic rings. The maximum atomic E-state index is 11.7. The van der Waals surface area contributed by atoms with Gasteiger partial charge in [-0.25, -0.2) is 0 Å². The van der Waals surface area contributed by atoms with Gasteiger partial charge >= 0.3 is 5.97 Å². The summed E-state index contributed by atoms with van der Waals surface area (Å²) in [6.07, 6.45) is 2.83. The highest BCUT2D eigenvalue weighted by Gasteiger charge is 2.40. The number of benzene rings is 1. The molecule has 1 aromatic carbocycles. The van der Waals surface area contributed by atoms with Gasteiger partial charge in [0, 0.05) is 31.6 Å². The van der Waals surface area contributed by atoms with Gasteiger partial charge in [0.2, 0.25) is 0 Å². The number of carbonyl (C=O) groups is 1. The molecule has 5 nitrogen and oxygen atoms in total. The molecule has 0 aromatic heterocycles. The highest BCUT2D eigenvalue weighted by atomic mass is 16.5. The predicted molar refractivity (Wildman–Crippen MR) is 95.0 cm³/mol. The number of aliphatic imine (C=N–C) groups is 1. The Balaban J connectivity index is 1.55. The normalized spacial score (nSPS) is 24.6. The second-order valence-corrected chi connectivity index (χ2v) is 6.59. The van der Waals surface area contributed by atoms with E-state index in [1.165, 1.54) is 12.7 Å². The third-order valence-corrected chi connectivity index (χ3v) is 4.97. The van der Waals surface area contributed by atoms with E-state index in [1.807, 2.05) is 0 Å². The van der Waals surface area contributed by atoms with Gasteiger partial charge in [0.25, 0.3) is 0 Å². The van der Waals surface area contributed by atoms with Crippen molar-refractivity contribution in [2.24, 2.45) is 10.9 Å². The molecule has 2 unspecified atom stereocenters. The first-order chi connectivity index (χ1) is 11.7. The first-order valence-corrected chi connectivity index (χ1v) is 8.91. The largest absolute Gasteiger partial charge is 0.469 e. The van der Waals surface area contributed by atoms with Crippen LogP contribution in [0.15, 0.2) is 35.3 Å². The zero-order chi connectivity index (χ0) is 16.9. The Hall–Kier alpha value is -2.04. The molecular weight excluding hydrogens is 302 g/mol. The average Bonchev–Trinajstić information content (AvgIpc) is 3.41. The highest BCUT2D eigenvalue weighted by molar-refractivity contribution is 5.81. The van der Waals surface area contributed by atoms with Crippen molar-refractivity contribution < 1.29 is 9.53 Å². The molecule has 1 aromatic rings. The van der Waals surface area contributed by atoms with E-state index in [9.17, 15) is 4.79 Å². The fourth-order valence-corrected chi connectivity index (χ4v) is 3.47. The minimum absolute atomic E-state index is 0.0344. The molecule has 5 heteroatoms. The standard InChI is InChI=1S/C19H27N3O2/c1-3-20-19(22-11-9-15(10-12-22)18(23)24-2)21-17-13-16(17)14-7-5-4-6-8-14/h4-8,15-17H,3,9-13H2,1-2H3,(H,20,21). The summed E-state index contributed by atoms with van der Waals surface area (Å²) < 4.78 is 4.87. The third kappa shape index (κ3) is 3.89. The summed E-state index contributed by atoms with van der Waals surface area (Å²) in [7, 11) is 1.47. The number of guanidine groups is 1. The summed E-state index contributed by atoms with van der Waals surface area (Å²) >= 11 is 0. The molecule has 1 aliphatic carbocycles. The van der Waals surface area contributed by atoms with Crippen LogP contribution in [0.5, 0.6) is 0 Å².